The molecule has 0 N–H and O–H groups in total. The van der Waals surface area contributed by atoms with Crippen molar-refractivity contribution in [3.63, 3.8) is 0 Å². The van der Waals surface area contributed by atoms with Gasteiger partial charge in [0.05, 0.1) is 0 Å². The molecule has 2 bridgehead atoms. The van der Waals surface area contributed by atoms with Crippen LogP contribution in [-0.2, 0) is 0 Å². The van der Waals surface area contributed by atoms with Crippen molar-refractivity contribution < 1.29 is 0 Å². The van der Waals surface area contributed by atoms with Crippen LogP contribution in [0.4, 0.5) is 0 Å². The van der Waals surface area contributed by atoms with Crippen molar-refractivity contribution in [2.24, 2.45) is 29.6 Å². The average molecular weight is 178 g/mol. The van der Waals surface area contributed by atoms with Crippen LogP contribution in [0.25, 0.3) is 0 Å². The lowest BCUT2D eigenvalue weighted by molar-refractivity contribution is 0.204. The van der Waals surface area contributed by atoms with E-state index in [1.165, 1.54) is 36.5 Å². The standard InChI is InChI=1S/C13H22/c1-2-3-9-6-7-12-10-4-5-11(8-10)13(9)12/h9-13H,2-8H2,1H3/t9-,10-,11-,12-,13-/m1/s1. The first-order chi connectivity index (χ1) is 6.40. The summed E-state index contributed by atoms with van der Waals surface area (Å²) in [4.78, 5) is 0. The van der Waals surface area contributed by atoms with Gasteiger partial charge in [0.15, 0.2) is 0 Å². The van der Waals surface area contributed by atoms with Gasteiger partial charge >= 0.3 is 0 Å². The first kappa shape index (κ1) is 8.32. The van der Waals surface area contributed by atoms with Gasteiger partial charge in [-0.1, -0.05) is 19.8 Å². The van der Waals surface area contributed by atoms with Gasteiger partial charge < -0.3 is 0 Å². The molecule has 3 aliphatic carbocycles. The fourth-order valence-electron chi connectivity index (χ4n) is 4.92. The molecule has 0 saturated heterocycles. The maximum Gasteiger partial charge on any atom is -0.0326 e. The summed E-state index contributed by atoms with van der Waals surface area (Å²) < 4.78 is 0. The van der Waals surface area contributed by atoms with Crippen molar-refractivity contribution in [1.82, 2.24) is 0 Å². The third kappa shape index (κ3) is 1.10. The van der Waals surface area contributed by atoms with Gasteiger partial charge in [-0.05, 0) is 61.7 Å². The first-order valence-corrected chi connectivity index (χ1v) is 6.40. The summed E-state index contributed by atoms with van der Waals surface area (Å²) in [6, 6.07) is 0. The van der Waals surface area contributed by atoms with E-state index in [0.717, 1.165) is 5.92 Å². The molecular formula is C13H22. The maximum absolute atomic E-state index is 2.36. The molecule has 3 saturated carbocycles. The zero-order valence-corrected chi connectivity index (χ0v) is 8.84. The number of fused-ring (bicyclic) bond motifs is 5. The molecule has 0 radical (unpaired) electrons. The van der Waals surface area contributed by atoms with E-state index < -0.39 is 0 Å². The second-order valence-corrected chi connectivity index (χ2v) is 5.70. The van der Waals surface area contributed by atoms with E-state index >= 15 is 0 Å². The predicted octanol–water partition coefficient (Wildman–Crippen LogP) is 3.86. The van der Waals surface area contributed by atoms with Crippen LogP contribution in [0, 0.1) is 29.6 Å². The maximum atomic E-state index is 2.36. The van der Waals surface area contributed by atoms with Crippen molar-refractivity contribution in [2.45, 2.75) is 51.9 Å². The van der Waals surface area contributed by atoms with Crippen molar-refractivity contribution >= 4 is 0 Å². The second kappa shape index (κ2) is 3.00. The molecule has 0 spiro atoms. The SMILES string of the molecule is CCC[C@@H]1CC[C@@H]2[C@@H]3CC[C@H](C3)[C@@H]12. The van der Waals surface area contributed by atoms with E-state index in [0.29, 0.717) is 0 Å². The van der Waals surface area contributed by atoms with E-state index in [9.17, 15) is 0 Å². The highest BCUT2D eigenvalue weighted by atomic mass is 14.6. The zero-order chi connectivity index (χ0) is 8.84. The quantitative estimate of drug-likeness (QED) is 0.602. The molecule has 0 aromatic rings. The monoisotopic (exact) mass is 178 g/mol. The van der Waals surface area contributed by atoms with Crippen LogP contribution in [0.1, 0.15) is 51.9 Å². The molecule has 3 fully saturated rings. The van der Waals surface area contributed by atoms with Crippen LogP contribution in [-0.4, -0.2) is 0 Å². The van der Waals surface area contributed by atoms with Gasteiger partial charge in [-0.25, -0.2) is 0 Å². The van der Waals surface area contributed by atoms with E-state index in [1.54, 1.807) is 32.1 Å². The van der Waals surface area contributed by atoms with Gasteiger partial charge in [0.1, 0.15) is 0 Å². The Morgan fingerprint density at radius 1 is 1.00 bits per heavy atom. The van der Waals surface area contributed by atoms with Crippen LogP contribution in [0.2, 0.25) is 0 Å². The van der Waals surface area contributed by atoms with E-state index in [2.05, 4.69) is 6.92 Å². The zero-order valence-electron chi connectivity index (χ0n) is 8.84. The molecule has 3 rings (SSSR count). The normalized spacial score (nSPS) is 52.8. The Hall–Kier alpha value is 0. The van der Waals surface area contributed by atoms with Gasteiger partial charge in [0.25, 0.3) is 0 Å². The lowest BCUT2D eigenvalue weighted by Crippen LogP contribution is -2.21. The summed E-state index contributed by atoms with van der Waals surface area (Å²) in [6.45, 7) is 2.36. The van der Waals surface area contributed by atoms with Gasteiger partial charge in [-0.15, -0.1) is 0 Å². The predicted molar refractivity (Wildman–Crippen MR) is 55.4 cm³/mol. The molecule has 0 amide bonds. The Balaban J connectivity index is 1.76. The molecule has 0 aromatic heterocycles. The highest BCUT2D eigenvalue weighted by Gasteiger charge is 2.52. The highest BCUT2D eigenvalue weighted by Crippen LogP contribution is 2.61. The van der Waals surface area contributed by atoms with Gasteiger partial charge in [0, 0.05) is 0 Å². The summed E-state index contributed by atoms with van der Waals surface area (Å²) >= 11 is 0. The van der Waals surface area contributed by atoms with Gasteiger partial charge in [-0.2, -0.15) is 0 Å². The summed E-state index contributed by atoms with van der Waals surface area (Å²) in [7, 11) is 0. The molecule has 0 unspecified atom stereocenters. The van der Waals surface area contributed by atoms with E-state index in [-0.39, 0.29) is 0 Å². The number of rotatable bonds is 2. The summed E-state index contributed by atoms with van der Waals surface area (Å²) in [5.74, 6) is 5.88. The second-order valence-electron chi connectivity index (χ2n) is 5.70. The molecule has 74 valence electrons. The fourth-order valence-corrected chi connectivity index (χ4v) is 4.92. The molecule has 3 aliphatic rings. The van der Waals surface area contributed by atoms with Crippen molar-refractivity contribution in [1.29, 1.82) is 0 Å². The van der Waals surface area contributed by atoms with Crippen molar-refractivity contribution in [2.75, 3.05) is 0 Å². The highest BCUT2D eigenvalue weighted by molar-refractivity contribution is 5.02. The molecular weight excluding hydrogens is 156 g/mol. The minimum absolute atomic E-state index is 1.14. The van der Waals surface area contributed by atoms with E-state index in [4.69, 9.17) is 0 Å². The smallest absolute Gasteiger partial charge is 0.0326 e. The third-order valence-electron chi connectivity index (χ3n) is 5.23. The topological polar surface area (TPSA) is 0 Å². The van der Waals surface area contributed by atoms with Crippen LogP contribution in [0.15, 0.2) is 0 Å². The Labute approximate surface area is 82.1 Å². The minimum Gasteiger partial charge on any atom is -0.0654 e. The van der Waals surface area contributed by atoms with E-state index in [1.807, 2.05) is 0 Å². The Morgan fingerprint density at radius 3 is 2.69 bits per heavy atom. The summed E-state index contributed by atoms with van der Waals surface area (Å²) in [5.41, 5.74) is 0. The third-order valence-corrected chi connectivity index (χ3v) is 5.23. The van der Waals surface area contributed by atoms with Gasteiger partial charge in [-0.3, -0.25) is 0 Å². The largest absolute Gasteiger partial charge is 0.0654 e. The Kier molecular flexibility index (Phi) is 1.92. The fraction of sp³-hybridized carbons (Fsp3) is 1.00. The van der Waals surface area contributed by atoms with Gasteiger partial charge in [0.2, 0.25) is 0 Å². The van der Waals surface area contributed by atoms with Crippen molar-refractivity contribution in [3.05, 3.63) is 0 Å². The minimum atomic E-state index is 1.14. The molecule has 0 heteroatoms. The molecule has 0 nitrogen and oxygen atoms in total. The average Bonchev–Trinajstić information content (AvgIpc) is 2.74. The lowest BCUT2D eigenvalue weighted by atomic mass is 9.77. The Morgan fingerprint density at radius 2 is 1.85 bits per heavy atom. The number of hydrogen-bond acceptors (Lipinski definition) is 0. The summed E-state index contributed by atoms with van der Waals surface area (Å²) in [5, 5.41) is 0. The molecule has 0 aromatic carbocycles. The molecule has 0 heterocycles. The summed E-state index contributed by atoms with van der Waals surface area (Å²) in [6.07, 6.45) is 10.9. The molecule has 0 aliphatic heterocycles. The van der Waals surface area contributed by atoms with Crippen LogP contribution < -0.4 is 0 Å². The molecule has 5 atom stereocenters. The molecule has 13 heavy (non-hydrogen) atoms. The number of hydrogen-bond donors (Lipinski definition) is 0. The van der Waals surface area contributed by atoms with Crippen LogP contribution in [0.3, 0.4) is 0 Å². The van der Waals surface area contributed by atoms with Crippen molar-refractivity contribution in [3.8, 4) is 0 Å². The van der Waals surface area contributed by atoms with Crippen LogP contribution >= 0.6 is 0 Å². The van der Waals surface area contributed by atoms with Crippen LogP contribution in [0.5, 0.6) is 0 Å². The Bertz CT molecular complexity index is 196. The first-order valence-electron chi connectivity index (χ1n) is 6.40. The lowest BCUT2D eigenvalue weighted by Gasteiger charge is -2.28.